The minimum Gasteiger partial charge on any atom is -0.293 e. The predicted molar refractivity (Wildman–Crippen MR) is 94.6 cm³/mol. The molecule has 0 amide bonds. The number of carbonyl (C=O) groups is 2. The Morgan fingerprint density at radius 2 is 1.59 bits per heavy atom. The first-order chi connectivity index (χ1) is 10.5. The Hall–Kier alpha value is -1.47. The van der Waals surface area contributed by atoms with Crippen molar-refractivity contribution in [3.63, 3.8) is 0 Å². The molecule has 2 aromatic heterocycles. The number of ketones is 2. The molecule has 0 unspecified atom stereocenters. The summed E-state index contributed by atoms with van der Waals surface area (Å²) in [6.07, 6.45) is 0. The Morgan fingerprint density at radius 3 is 1.95 bits per heavy atom. The lowest BCUT2D eigenvalue weighted by Crippen LogP contribution is -1.98. The second-order valence-corrected chi connectivity index (χ2v) is 7.33. The SMILES string of the molecule is Cc1ccc(C(=O)CBr)s1.Cc1ccc(C(=O)CN=[N+]=[N-])s1. The molecule has 8 heteroatoms. The van der Waals surface area contributed by atoms with Crippen LogP contribution in [0.4, 0.5) is 0 Å². The van der Waals surface area contributed by atoms with Crippen LogP contribution >= 0.6 is 38.6 Å². The lowest BCUT2D eigenvalue weighted by Gasteiger charge is -1.87. The van der Waals surface area contributed by atoms with Crippen molar-refractivity contribution in [1.29, 1.82) is 0 Å². The highest BCUT2D eigenvalue weighted by atomic mass is 79.9. The molecule has 0 fully saturated rings. The lowest BCUT2D eigenvalue weighted by atomic mass is 10.3. The zero-order valence-electron chi connectivity index (χ0n) is 12.1. The van der Waals surface area contributed by atoms with E-state index < -0.39 is 0 Å². The number of halogens is 1. The van der Waals surface area contributed by atoms with Crippen LogP contribution < -0.4 is 0 Å². The highest BCUT2D eigenvalue weighted by Gasteiger charge is 2.05. The number of carbonyl (C=O) groups excluding carboxylic acids is 2. The summed E-state index contributed by atoms with van der Waals surface area (Å²) >= 11 is 6.07. The summed E-state index contributed by atoms with van der Waals surface area (Å²) in [6.45, 7) is 3.83. The minimum absolute atomic E-state index is 0.0869. The van der Waals surface area contributed by atoms with Gasteiger partial charge in [0.15, 0.2) is 11.6 Å². The molecule has 0 bridgehead atoms. The average molecular weight is 400 g/mol. The Bertz CT molecular complexity index is 703. The molecule has 2 heterocycles. The van der Waals surface area contributed by atoms with E-state index >= 15 is 0 Å². The molecule has 0 spiro atoms. The van der Waals surface area contributed by atoms with E-state index in [1.807, 2.05) is 32.0 Å². The molecule has 0 aliphatic carbocycles. The van der Waals surface area contributed by atoms with Gasteiger partial charge in [-0.2, -0.15) is 0 Å². The maximum absolute atomic E-state index is 11.2. The van der Waals surface area contributed by atoms with Crippen LogP contribution in [0.1, 0.15) is 29.1 Å². The molecule has 0 atom stereocenters. The van der Waals surface area contributed by atoms with Crippen LogP contribution in [-0.4, -0.2) is 23.4 Å². The van der Waals surface area contributed by atoms with Crippen molar-refractivity contribution in [3.05, 3.63) is 54.2 Å². The zero-order chi connectivity index (χ0) is 16.5. The van der Waals surface area contributed by atoms with Gasteiger partial charge in [-0.15, -0.1) is 22.7 Å². The fourth-order valence-corrected chi connectivity index (χ4v) is 3.50. The number of alkyl halides is 1. The first-order valence-corrected chi connectivity index (χ1v) is 8.99. The molecular weight excluding hydrogens is 386 g/mol. The fraction of sp³-hybridized carbons (Fsp3) is 0.286. The molecule has 0 aromatic carbocycles. The molecule has 2 rings (SSSR count). The molecule has 0 radical (unpaired) electrons. The van der Waals surface area contributed by atoms with Gasteiger partial charge < -0.3 is 0 Å². The van der Waals surface area contributed by atoms with E-state index in [-0.39, 0.29) is 18.1 Å². The highest BCUT2D eigenvalue weighted by Crippen LogP contribution is 2.16. The number of hydrogen-bond acceptors (Lipinski definition) is 5. The van der Waals surface area contributed by atoms with Gasteiger partial charge in [-0.3, -0.25) is 9.59 Å². The van der Waals surface area contributed by atoms with Crippen molar-refractivity contribution in [2.24, 2.45) is 5.11 Å². The molecule has 22 heavy (non-hydrogen) atoms. The van der Waals surface area contributed by atoms with Crippen molar-refractivity contribution < 1.29 is 9.59 Å². The van der Waals surface area contributed by atoms with E-state index in [0.29, 0.717) is 10.2 Å². The largest absolute Gasteiger partial charge is 0.293 e. The maximum Gasteiger partial charge on any atom is 0.183 e. The van der Waals surface area contributed by atoms with E-state index in [4.69, 9.17) is 5.53 Å². The number of hydrogen-bond donors (Lipinski definition) is 0. The summed E-state index contributed by atoms with van der Waals surface area (Å²) in [7, 11) is 0. The van der Waals surface area contributed by atoms with Crippen molar-refractivity contribution >= 4 is 50.2 Å². The lowest BCUT2D eigenvalue weighted by molar-refractivity contribution is 0.100. The number of nitrogens with zero attached hydrogens (tertiary/aromatic N) is 3. The fourth-order valence-electron chi connectivity index (χ4n) is 1.41. The molecule has 2 aromatic rings. The Kier molecular flexibility index (Phi) is 8.05. The molecule has 116 valence electrons. The third-order valence-electron chi connectivity index (χ3n) is 2.43. The predicted octanol–water partition coefficient (Wildman–Crippen LogP) is 5.18. The summed E-state index contributed by atoms with van der Waals surface area (Å²) in [5.74, 6) is 0.0454. The van der Waals surface area contributed by atoms with Crippen LogP contribution in [0.5, 0.6) is 0 Å². The molecular formula is C14H14BrN3O2S2. The van der Waals surface area contributed by atoms with E-state index in [0.717, 1.165) is 9.75 Å². The van der Waals surface area contributed by atoms with Gasteiger partial charge in [0, 0.05) is 14.7 Å². The van der Waals surface area contributed by atoms with Gasteiger partial charge in [0.05, 0.1) is 21.6 Å². The molecule has 0 saturated heterocycles. The van der Waals surface area contributed by atoms with Crippen LogP contribution in [0.15, 0.2) is 29.4 Å². The molecule has 5 nitrogen and oxygen atoms in total. The third kappa shape index (κ3) is 6.11. The smallest absolute Gasteiger partial charge is 0.183 e. The minimum atomic E-state index is -0.120. The Balaban J connectivity index is 0.000000224. The molecule has 0 N–H and O–H groups in total. The van der Waals surface area contributed by atoms with Crippen LogP contribution in [0.2, 0.25) is 0 Å². The van der Waals surface area contributed by atoms with Gasteiger partial charge in [-0.1, -0.05) is 21.0 Å². The summed E-state index contributed by atoms with van der Waals surface area (Å²) in [5.41, 5.74) is 7.98. The van der Waals surface area contributed by atoms with E-state index in [9.17, 15) is 9.59 Å². The van der Waals surface area contributed by atoms with Crippen molar-refractivity contribution in [2.75, 3.05) is 11.9 Å². The number of thiophene rings is 2. The monoisotopic (exact) mass is 399 g/mol. The van der Waals surface area contributed by atoms with Crippen LogP contribution in [0.3, 0.4) is 0 Å². The number of Topliss-reactive ketones (excluding diaryl/α,β-unsaturated/α-hetero) is 2. The van der Waals surface area contributed by atoms with Crippen LogP contribution in [0.25, 0.3) is 10.4 Å². The Labute approximate surface area is 144 Å². The average Bonchev–Trinajstić information content (AvgIpc) is 3.13. The summed E-state index contributed by atoms with van der Waals surface area (Å²) in [5, 5.41) is 3.62. The summed E-state index contributed by atoms with van der Waals surface area (Å²) < 4.78 is 0. The van der Waals surface area contributed by atoms with E-state index in [1.54, 1.807) is 17.4 Å². The van der Waals surface area contributed by atoms with Crippen LogP contribution in [-0.2, 0) is 0 Å². The quantitative estimate of drug-likeness (QED) is 0.228. The van der Waals surface area contributed by atoms with E-state index in [1.165, 1.54) is 16.2 Å². The zero-order valence-corrected chi connectivity index (χ0v) is 15.3. The number of aryl methyl sites for hydroxylation is 2. The maximum atomic E-state index is 11.2. The normalized spacial score (nSPS) is 9.41. The first kappa shape index (κ1) is 18.6. The first-order valence-electron chi connectivity index (χ1n) is 6.24. The van der Waals surface area contributed by atoms with Gasteiger partial charge in [-0.05, 0) is 43.6 Å². The molecule has 0 aliphatic rings. The standard InChI is InChI=1S/C7H7BrOS.C7H7N3OS/c1-5-2-3-7(10-5)6(9)4-8;1-5-2-3-7(12-5)6(11)4-9-10-8/h2-3H,4H2,1H3;2-3H,4H2,1H3. The number of azide groups is 1. The second kappa shape index (κ2) is 9.53. The molecule has 0 aliphatic heterocycles. The Morgan fingerprint density at radius 1 is 1.09 bits per heavy atom. The van der Waals surface area contributed by atoms with Crippen molar-refractivity contribution in [3.8, 4) is 0 Å². The van der Waals surface area contributed by atoms with Gasteiger partial charge in [-0.25, -0.2) is 0 Å². The second-order valence-electron chi connectivity index (χ2n) is 4.19. The van der Waals surface area contributed by atoms with Crippen molar-refractivity contribution in [2.45, 2.75) is 13.8 Å². The van der Waals surface area contributed by atoms with Gasteiger partial charge in [0.25, 0.3) is 0 Å². The highest BCUT2D eigenvalue weighted by molar-refractivity contribution is 9.09. The van der Waals surface area contributed by atoms with Gasteiger partial charge in [0.1, 0.15) is 0 Å². The van der Waals surface area contributed by atoms with Crippen LogP contribution in [0, 0.1) is 13.8 Å². The number of rotatable bonds is 5. The van der Waals surface area contributed by atoms with E-state index in [2.05, 4.69) is 26.0 Å². The molecule has 0 saturated carbocycles. The topological polar surface area (TPSA) is 82.9 Å². The van der Waals surface area contributed by atoms with Gasteiger partial charge >= 0.3 is 0 Å². The summed E-state index contributed by atoms with van der Waals surface area (Å²) in [4.78, 5) is 28.4. The summed E-state index contributed by atoms with van der Waals surface area (Å²) in [6, 6.07) is 7.44. The van der Waals surface area contributed by atoms with Gasteiger partial charge in [0.2, 0.25) is 0 Å². The van der Waals surface area contributed by atoms with Crippen molar-refractivity contribution in [1.82, 2.24) is 0 Å². The third-order valence-corrected chi connectivity index (χ3v) is 5.02.